The van der Waals surface area contributed by atoms with Gasteiger partial charge in [0.05, 0.1) is 0 Å². The minimum absolute atomic E-state index is 0.596. The van der Waals surface area contributed by atoms with Crippen molar-refractivity contribution in [3.05, 3.63) is 35.2 Å². The van der Waals surface area contributed by atoms with E-state index in [1.54, 1.807) is 0 Å². The lowest BCUT2D eigenvalue weighted by Crippen LogP contribution is -2.34. The molecule has 0 amide bonds. The fraction of sp³-hybridized carbons (Fsp3) is 0.500. The second-order valence-electron chi connectivity index (χ2n) is 4.98. The second kappa shape index (κ2) is 6.35. The van der Waals surface area contributed by atoms with Gasteiger partial charge in [0.25, 0.3) is 0 Å². The Bertz CT molecular complexity index is 489. The largest absolute Gasteiger partial charge is 0.314 e. The molecule has 1 aromatic heterocycles. The quantitative estimate of drug-likeness (QED) is 0.809. The van der Waals surface area contributed by atoms with Crippen LogP contribution >= 0.6 is 11.3 Å². The number of hydrogen-bond donors (Lipinski definition) is 1. The molecule has 1 nitrogen and oxygen atoms in total. The van der Waals surface area contributed by atoms with Gasteiger partial charge >= 0.3 is 0 Å². The molecule has 98 valence electrons. The number of rotatable bonds is 6. The summed E-state index contributed by atoms with van der Waals surface area (Å²) in [5, 5.41) is 7.35. The highest BCUT2D eigenvalue weighted by Crippen LogP contribution is 2.29. The van der Waals surface area contributed by atoms with E-state index in [4.69, 9.17) is 0 Å². The molecule has 1 aromatic carbocycles. The maximum atomic E-state index is 3.56. The molecule has 0 aliphatic rings. The number of nitrogens with one attached hydrogen (secondary N) is 1. The molecule has 0 spiro atoms. The Labute approximate surface area is 114 Å². The molecule has 0 saturated carbocycles. The van der Waals surface area contributed by atoms with Crippen LogP contribution in [0.1, 0.15) is 32.8 Å². The van der Waals surface area contributed by atoms with Crippen molar-refractivity contribution in [2.75, 3.05) is 6.54 Å². The normalized spacial score (nSPS) is 14.8. The second-order valence-corrected chi connectivity index (χ2v) is 5.89. The molecule has 0 radical (unpaired) electrons. The van der Waals surface area contributed by atoms with Crippen molar-refractivity contribution in [1.82, 2.24) is 5.32 Å². The molecule has 0 saturated heterocycles. The van der Waals surface area contributed by atoms with Gasteiger partial charge in [0, 0.05) is 10.7 Å². The molecular formula is C16H23NS. The predicted octanol–water partition coefficient (Wildman–Crippen LogP) is 4.47. The number of fused-ring (bicyclic) bond motifs is 1. The zero-order valence-corrected chi connectivity index (χ0v) is 12.4. The van der Waals surface area contributed by atoms with E-state index >= 15 is 0 Å². The third-order valence-electron chi connectivity index (χ3n) is 3.80. The Balaban J connectivity index is 2.16. The first-order chi connectivity index (χ1) is 8.76. The summed E-state index contributed by atoms with van der Waals surface area (Å²) in [6.45, 7) is 7.85. The van der Waals surface area contributed by atoms with E-state index in [0.29, 0.717) is 6.04 Å². The van der Waals surface area contributed by atoms with Gasteiger partial charge in [-0.05, 0) is 48.2 Å². The number of benzene rings is 1. The van der Waals surface area contributed by atoms with Gasteiger partial charge in [0.15, 0.2) is 0 Å². The summed E-state index contributed by atoms with van der Waals surface area (Å²) in [5.74, 6) is 0.725. The SMILES string of the molecule is CCNC(C)C(CC)Cc1csc2ccccc12. The fourth-order valence-electron chi connectivity index (χ4n) is 2.64. The van der Waals surface area contributed by atoms with Crippen molar-refractivity contribution >= 4 is 21.4 Å². The van der Waals surface area contributed by atoms with Gasteiger partial charge < -0.3 is 5.32 Å². The average molecular weight is 261 g/mol. The average Bonchev–Trinajstić information content (AvgIpc) is 2.79. The Morgan fingerprint density at radius 1 is 1.22 bits per heavy atom. The molecular weight excluding hydrogens is 238 g/mol. The molecule has 0 aliphatic carbocycles. The molecule has 2 rings (SSSR count). The van der Waals surface area contributed by atoms with E-state index in [1.807, 2.05) is 11.3 Å². The fourth-order valence-corrected chi connectivity index (χ4v) is 3.61. The van der Waals surface area contributed by atoms with Gasteiger partial charge in [-0.15, -0.1) is 11.3 Å². The topological polar surface area (TPSA) is 12.0 Å². The molecule has 18 heavy (non-hydrogen) atoms. The van der Waals surface area contributed by atoms with Crippen LogP contribution in [-0.4, -0.2) is 12.6 Å². The van der Waals surface area contributed by atoms with E-state index in [-0.39, 0.29) is 0 Å². The van der Waals surface area contributed by atoms with Crippen molar-refractivity contribution < 1.29 is 0 Å². The molecule has 0 fully saturated rings. The summed E-state index contributed by atoms with van der Waals surface area (Å²) >= 11 is 1.87. The van der Waals surface area contributed by atoms with Gasteiger partial charge in [0.1, 0.15) is 0 Å². The summed E-state index contributed by atoms with van der Waals surface area (Å²) in [4.78, 5) is 0. The van der Waals surface area contributed by atoms with Crippen molar-refractivity contribution in [3.63, 3.8) is 0 Å². The molecule has 0 bridgehead atoms. The molecule has 1 N–H and O–H groups in total. The molecule has 2 atom stereocenters. The Kier molecular flexibility index (Phi) is 4.79. The van der Waals surface area contributed by atoms with Crippen LogP contribution in [0.3, 0.4) is 0 Å². The van der Waals surface area contributed by atoms with E-state index in [2.05, 4.69) is 55.7 Å². The molecule has 2 aromatic rings. The predicted molar refractivity (Wildman–Crippen MR) is 82.4 cm³/mol. The monoisotopic (exact) mass is 261 g/mol. The zero-order chi connectivity index (χ0) is 13.0. The number of hydrogen-bond acceptors (Lipinski definition) is 2. The van der Waals surface area contributed by atoms with Crippen LogP contribution in [0.5, 0.6) is 0 Å². The van der Waals surface area contributed by atoms with E-state index in [9.17, 15) is 0 Å². The van der Waals surface area contributed by atoms with Crippen LogP contribution in [0.4, 0.5) is 0 Å². The van der Waals surface area contributed by atoms with Crippen LogP contribution < -0.4 is 5.32 Å². The lowest BCUT2D eigenvalue weighted by atomic mass is 9.90. The van der Waals surface area contributed by atoms with Crippen molar-refractivity contribution in [3.8, 4) is 0 Å². The van der Waals surface area contributed by atoms with Gasteiger partial charge in [-0.25, -0.2) is 0 Å². The summed E-state index contributed by atoms with van der Waals surface area (Å²) < 4.78 is 1.42. The first-order valence-corrected chi connectivity index (χ1v) is 7.82. The van der Waals surface area contributed by atoms with Gasteiger partial charge in [-0.2, -0.15) is 0 Å². The smallest absolute Gasteiger partial charge is 0.0345 e. The zero-order valence-electron chi connectivity index (χ0n) is 11.6. The van der Waals surface area contributed by atoms with Gasteiger partial charge in [-0.1, -0.05) is 38.5 Å². The highest BCUT2D eigenvalue weighted by Gasteiger charge is 2.16. The van der Waals surface area contributed by atoms with E-state index < -0.39 is 0 Å². The van der Waals surface area contributed by atoms with Gasteiger partial charge in [0.2, 0.25) is 0 Å². The van der Waals surface area contributed by atoms with E-state index in [0.717, 1.165) is 12.5 Å². The molecule has 0 aliphatic heterocycles. The maximum Gasteiger partial charge on any atom is 0.0345 e. The summed E-state index contributed by atoms with van der Waals surface area (Å²) in [6, 6.07) is 9.34. The van der Waals surface area contributed by atoms with Crippen LogP contribution in [0.2, 0.25) is 0 Å². The first kappa shape index (κ1) is 13.6. The maximum absolute atomic E-state index is 3.56. The van der Waals surface area contributed by atoms with Crippen molar-refractivity contribution in [2.24, 2.45) is 5.92 Å². The Morgan fingerprint density at radius 2 is 2.00 bits per heavy atom. The lowest BCUT2D eigenvalue weighted by Gasteiger charge is -2.23. The van der Waals surface area contributed by atoms with Crippen LogP contribution in [0.25, 0.3) is 10.1 Å². The van der Waals surface area contributed by atoms with Crippen LogP contribution in [0.15, 0.2) is 29.6 Å². The number of thiophene rings is 1. The van der Waals surface area contributed by atoms with Crippen molar-refractivity contribution in [2.45, 2.75) is 39.7 Å². The molecule has 2 heteroatoms. The summed E-state index contributed by atoms with van der Waals surface area (Å²) in [6.07, 6.45) is 2.42. The van der Waals surface area contributed by atoms with Crippen LogP contribution in [-0.2, 0) is 6.42 Å². The summed E-state index contributed by atoms with van der Waals surface area (Å²) in [5.41, 5.74) is 1.52. The van der Waals surface area contributed by atoms with Gasteiger partial charge in [-0.3, -0.25) is 0 Å². The highest BCUT2D eigenvalue weighted by molar-refractivity contribution is 7.17. The third-order valence-corrected chi connectivity index (χ3v) is 4.81. The Hall–Kier alpha value is -0.860. The molecule has 2 unspecified atom stereocenters. The summed E-state index contributed by atoms with van der Waals surface area (Å²) in [7, 11) is 0. The van der Waals surface area contributed by atoms with Crippen molar-refractivity contribution in [1.29, 1.82) is 0 Å². The lowest BCUT2D eigenvalue weighted by molar-refractivity contribution is 0.369. The highest BCUT2D eigenvalue weighted by atomic mass is 32.1. The van der Waals surface area contributed by atoms with E-state index in [1.165, 1.54) is 28.5 Å². The van der Waals surface area contributed by atoms with Crippen LogP contribution in [0, 0.1) is 5.92 Å². The Morgan fingerprint density at radius 3 is 2.72 bits per heavy atom. The molecule has 1 heterocycles. The standard InChI is InChI=1S/C16H23NS/c1-4-13(12(3)17-5-2)10-14-11-18-16-9-7-6-8-15(14)16/h6-9,11-13,17H,4-5,10H2,1-3H3. The minimum Gasteiger partial charge on any atom is -0.314 e. The first-order valence-electron chi connectivity index (χ1n) is 6.94. The minimum atomic E-state index is 0.596. The third kappa shape index (κ3) is 2.93.